The number of carbonyl (C=O) groups is 2. The van der Waals surface area contributed by atoms with Gasteiger partial charge in [0.25, 0.3) is 0 Å². The fourth-order valence-electron chi connectivity index (χ4n) is 1.71. The van der Waals surface area contributed by atoms with Crippen LogP contribution >= 0.6 is 0 Å². The molecule has 0 aromatic rings. The molecular weight excluding hydrogens is 190 g/mol. The highest BCUT2D eigenvalue weighted by Gasteiger charge is 2.31. The number of nitrogens with one attached hydrogen (secondary N) is 1. The normalized spacial score (nSPS) is 11.2. The first kappa shape index (κ1) is 14.1. The van der Waals surface area contributed by atoms with Crippen molar-refractivity contribution in [2.24, 2.45) is 5.41 Å². The Kier molecular flexibility index (Phi) is 6.21. The lowest BCUT2D eigenvalue weighted by Crippen LogP contribution is -2.41. The molecule has 3 nitrogen and oxygen atoms in total. The summed E-state index contributed by atoms with van der Waals surface area (Å²) in [5, 5.41) is 2.85. The molecule has 0 radical (unpaired) electrons. The quantitative estimate of drug-likeness (QED) is 0.705. The molecule has 0 aromatic carbocycles. The maximum Gasteiger partial charge on any atom is 0.220 e. The van der Waals surface area contributed by atoms with Gasteiger partial charge >= 0.3 is 0 Å². The molecule has 3 heteroatoms. The van der Waals surface area contributed by atoms with Crippen molar-refractivity contribution in [2.75, 3.05) is 6.54 Å². The molecule has 0 aromatic heterocycles. The Bertz CT molecular complexity index is 220. The van der Waals surface area contributed by atoms with Gasteiger partial charge in [-0.15, -0.1) is 0 Å². The zero-order valence-corrected chi connectivity index (χ0v) is 10.4. The maximum atomic E-state index is 11.5. The molecule has 0 unspecified atom stereocenters. The molecule has 0 fully saturated rings. The maximum absolute atomic E-state index is 11.5. The van der Waals surface area contributed by atoms with E-state index in [1.165, 1.54) is 0 Å². The van der Waals surface area contributed by atoms with E-state index < -0.39 is 0 Å². The van der Waals surface area contributed by atoms with Crippen LogP contribution in [0.2, 0.25) is 0 Å². The predicted octanol–water partition coefficient (Wildman–Crippen LogP) is 2.30. The number of hydrogen-bond acceptors (Lipinski definition) is 2. The first-order valence-electron chi connectivity index (χ1n) is 5.80. The van der Waals surface area contributed by atoms with Crippen molar-refractivity contribution in [1.29, 1.82) is 0 Å². The number of amides is 1. The zero-order chi connectivity index (χ0) is 11.9. The zero-order valence-electron chi connectivity index (χ0n) is 10.4. The highest BCUT2D eigenvalue weighted by molar-refractivity contribution is 5.83. The Hall–Kier alpha value is -0.860. The van der Waals surface area contributed by atoms with E-state index >= 15 is 0 Å². The number of hydrogen-bond donors (Lipinski definition) is 1. The Labute approximate surface area is 92.6 Å². The van der Waals surface area contributed by atoms with Crippen LogP contribution in [0.15, 0.2) is 0 Å². The van der Waals surface area contributed by atoms with Gasteiger partial charge in [-0.25, -0.2) is 0 Å². The third-order valence-electron chi connectivity index (χ3n) is 3.20. The predicted molar refractivity (Wildman–Crippen MR) is 61.6 cm³/mol. The summed E-state index contributed by atoms with van der Waals surface area (Å²) in [5.74, 6) is 0.217. The van der Waals surface area contributed by atoms with E-state index in [1.54, 1.807) is 6.92 Å². The summed E-state index contributed by atoms with van der Waals surface area (Å²) in [6, 6.07) is 0. The second-order valence-corrected chi connectivity index (χ2v) is 4.07. The lowest BCUT2D eigenvalue weighted by molar-refractivity contribution is -0.128. The monoisotopic (exact) mass is 213 g/mol. The van der Waals surface area contributed by atoms with Crippen LogP contribution in [0.1, 0.15) is 53.4 Å². The van der Waals surface area contributed by atoms with Gasteiger partial charge in [0, 0.05) is 18.4 Å². The summed E-state index contributed by atoms with van der Waals surface area (Å²) in [6.07, 6.45) is 2.95. The molecule has 0 saturated carbocycles. The molecule has 0 aliphatic rings. The van der Waals surface area contributed by atoms with Crippen LogP contribution in [0.4, 0.5) is 0 Å². The lowest BCUT2D eigenvalue weighted by Gasteiger charge is -2.28. The van der Waals surface area contributed by atoms with Gasteiger partial charge < -0.3 is 5.32 Å². The third kappa shape index (κ3) is 4.02. The van der Waals surface area contributed by atoms with Crippen LogP contribution in [-0.4, -0.2) is 18.2 Å². The van der Waals surface area contributed by atoms with Gasteiger partial charge in [0.15, 0.2) is 0 Å². The fourth-order valence-corrected chi connectivity index (χ4v) is 1.71. The van der Waals surface area contributed by atoms with E-state index in [9.17, 15) is 9.59 Å². The number of carbonyl (C=O) groups excluding carboxylic acids is 2. The molecule has 0 bridgehead atoms. The van der Waals surface area contributed by atoms with Crippen LogP contribution in [-0.2, 0) is 9.59 Å². The molecule has 0 aliphatic carbocycles. The molecule has 15 heavy (non-hydrogen) atoms. The van der Waals surface area contributed by atoms with Crippen LogP contribution in [0, 0.1) is 5.41 Å². The molecule has 0 heterocycles. The summed E-state index contributed by atoms with van der Waals surface area (Å²) in [4.78, 5) is 22.9. The van der Waals surface area contributed by atoms with Crippen molar-refractivity contribution in [1.82, 2.24) is 5.32 Å². The van der Waals surface area contributed by atoms with Gasteiger partial charge in [-0.05, 0) is 26.2 Å². The molecule has 0 aliphatic heterocycles. The molecule has 0 atom stereocenters. The van der Waals surface area contributed by atoms with Crippen LogP contribution in [0.25, 0.3) is 0 Å². The van der Waals surface area contributed by atoms with Crippen molar-refractivity contribution < 1.29 is 9.59 Å². The van der Waals surface area contributed by atoms with Gasteiger partial charge in [-0.3, -0.25) is 9.59 Å². The lowest BCUT2D eigenvalue weighted by atomic mass is 9.79. The van der Waals surface area contributed by atoms with E-state index in [-0.39, 0.29) is 17.1 Å². The topological polar surface area (TPSA) is 46.2 Å². The van der Waals surface area contributed by atoms with Crippen molar-refractivity contribution in [3.63, 3.8) is 0 Å². The molecule has 1 N–H and O–H groups in total. The molecule has 1 amide bonds. The molecule has 88 valence electrons. The summed E-state index contributed by atoms with van der Waals surface area (Å²) in [7, 11) is 0. The first-order valence-corrected chi connectivity index (χ1v) is 5.80. The van der Waals surface area contributed by atoms with Crippen LogP contribution < -0.4 is 5.32 Å². The Morgan fingerprint density at radius 2 is 1.67 bits per heavy atom. The highest BCUT2D eigenvalue weighted by Crippen LogP contribution is 2.26. The van der Waals surface area contributed by atoms with E-state index in [0.717, 1.165) is 19.3 Å². The van der Waals surface area contributed by atoms with Crippen molar-refractivity contribution in [3.05, 3.63) is 0 Å². The average Bonchev–Trinajstić information content (AvgIpc) is 2.20. The van der Waals surface area contributed by atoms with Crippen molar-refractivity contribution >= 4 is 11.7 Å². The van der Waals surface area contributed by atoms with Gasteiger partial charge in [-0.1, -0.05) is 20.8 Å². The van der Waals surface area contributed by atoms with Gasteiger partial charge in [0.1, 0.15) is 5.78 Å². The van der Waals surface area contributed by atoms with Gasteiger partial charge in [0.05, 0.1) is 0 Å². The first-order chi connectivity index (χ1) is 7.02. The van der Waals surface area contributed by atoms with E-state index in [1.807, 2.05) is 20.8 Å². The minimum absolute atomic E-state index is 0.0463. The Morgan fingerprint density at radius 3 is 2.00 bits per heavy atom. The summed E-state index contributed by atoms with van der Waals surface area (Å²) in [5.41, 5.74) is -0.358. The van der Waals surface area contributed by atoms with E-state index in [0.29, 0.717) is 13.0 Å². The second-order valence-electron chi connectivity index (χ2n) is 4.07. The highest BCUT2D eigenvalue weighted by atomic mass is 16.1. The standard InChI is InChI=1S/C12H23NO2/c1-5-8-11(15)13-9-12(6-2,7-3)10(4)14/h5-9H2,1-4H3,(H,13,15). The fraction of sp³-hybridized carbons (Fsp3) is 0.833. The van der Waals surface area contributed by atoms with Crippen LogP contribution in [0.5, 0.6) is 0 Å². The third-order valence-corrected chi connectivity index (χ3v) is 3.20. The summed E-state index contributed by atoms with van der Waals surface area (Å²) >= 11 is 0. The van der Waals surface area contributed by atoms with E-state index in [2.05, 4.69) is 5.32 Å². The minimum atomic E-state index is -0.358. The number of ketones is 1. The SMILES string of the molecule is CCCC(=O)NCC(CC)(CC)C(C)=O. The molecule has 0 spiro atoms. The largest absolute Gasteiger partial charge is 0.355 e. The summed E-state index contributed by atoms with van der Waals surface area (Å²) in [6.45, 7) is 8.05. The minimum Gasteiger partial charge on any atom is -0.355 e. The molecule has 0 rings (SSSR count). The van der Waals surface area contributed by atoms with Gasteiger partial charge in [-0.2, -0.15) is 0 Å². The molecular formula is C12H23NO2. The van der Waals surface area contributed by atoms with Crippen molar-refractivity contribution in [2.45, 2.75) is 53.4 Å². The van der Waals surface area contributed by atoms with Gasteiger partial charge in [0.2, 0.25) is 5.91 Å². The average molecular weight is 213 g/mol. The smallest absolute Gasteiger partial charge is 0.220 e. The van der Waals surface area contributed by atoms with Crippen molar-refractivity contribution in [3.8, 4) is 0 Å². The Morgan fingerprint density at radius 1 is 1.13 bits per heavy atom. The number of Topliss-reactive ketones (excluding diaryl/α,β-unsaturated/α-hetero) is 1. The Balaban J connectivity index is 4.30. The number of rotatable bonds is 7. The summed E-state index contributed by atoms with van der Waals surface area (Å²) < 4.78 is 0. The van der Waals surface area contributed by atoms with Crippen LogP contribution in [0.3, 0.4) is 0 Å². The van der Waals surface area contributed by atoms with E-state index in [4.69, 9.17) is 0 Å². The molecule has 0 saturated heterocycles. The second kappa shape index (κ2) is 6.59.